The minimum atomic E-state index is -0.476. The van der Waals surface area contributed by atoms with Gasteiger partial charge in [-0.15, -0.1) is 0 Å². The fraction of sp³-hybridized carbons (Fsp3) is 0.312. The van der Waals surface area contributed by atoms with Crippen LogP contribution in [0.1, 0.15) is 12.8 Å². The summed E-state index contributed by atoms with van der Waals surface area (Å²) in [7, 11) is 0. The lowest BCUT2D eigenvalue weighted by Gasteiger charge is -2.12. The summed E-state index contributed by atoms with van der Waals surface area (Å²) in [4.78, 5) is 14.2. The third kappa shape index (κ3) is 4.17. The van der Waals surface area contributed by atoms with Crippen molar-refractivity contribution >= 4 is 17.2 Å². The van der Waals surface area contributed by atoms with Crippen molar-refractivity contribution in [3.8, 4) is 5.75 Å². The Morgan fingerprint density at radius 1 is 1.39 bits per heavy atom. The van der Waals surface area contributed by atoms with Gasteiger partial charge in [0.25, 0.3) is 5.69 Å². The molecule has 1 aromatic carbocycles. The van der Waals surface area contributed by atoms with Crippen LogP contribution < -0.4 is 10.1 Å². The molecule has 1 atom stereocenters. The first-order valence-electron chi connectivity index (χ1n) is 7.42. The summed E-state index contributed by atoms with van der Waals surface area (Å²) >= 11 is 0. The zero-order valence-corrected chi connectivity index (χ0v) is 12.5. The lowest BCUT2D eigenvalue weighted by atomic mass is 10.2. The van der Waals surface area contributed by atoms with Gasteiger partial charge < -0.3 is 14.8 Å². The molecule has 0 aliphatic carbocycles. The van der Waals surface area contributed by atoms with Gasteiger partial charge in [-0.2, -0.15) is 0 Å². The molecule has 0 saturated carbocycles. The molecule has 0 radical (unpaired) electrons. The van der Waals surface area contributed by atoms with E-state index in [0.717, 1.165) is 30.9 Å². The summed E-state index contributed by atoms with van der Waals surface area (Å²) in [6, 6.07) is 10.5. The number of benzene rings is 1. The van der Waals surface area contributed by atoms with Crippen LogP contribution in [0.2, 0.25) is 0 Å². The number of rotatable bonds is 6. The van der Waals surface area contributed by atoms with Gasteiger partial charge in [-0.3, -0.25) is 10.1 Å². The van der Waals surface area contributed by atoms with Crippen LogP contribution in [0.3, 0.4) is 0 Å². The number of anilines is 2. The number of pyridine rings is 1. The summed E-state index contributed by atoms with van der Waals surface area (Å²) in [5, 5.41) is 13.7. The van der Waals surface area contributed by atoms with E-state index in [0.29, 0.717) is 12.4 Å². The number of nitro groups is 1. The van der Waals surface area contributed by atoms with Gasteiger partial charge >= 0.3 is 0 Å². The van der Waals surface area contributed by atoms with Crippen molar-refractivity contribution in [2.45, 2.75) is 18.9 Å². The Kier molecular flexibility index (Phi) is 4.68. The molecule has 7 heteroatoms. The molecule has 1 aliphatic rings. The smallest absolute Gasteiger partial charge is 0.287 e. The molecule has 0 unspecified atom stereocenters. The molecule has 3 rings (SSSR count). The van der Waals surface area contributed by atoms with Gasteiger partial charge in [0.05, 0.1) is 11.0 Å². The van der Waals surface area contributed by atoms with E-state index < -0.39 is 4.92 Å². The maximum atomic E-state index is 10.6. The molecule has 0 spiro atoms. The first-order valence-corrected chi connectivity index (χ1v) is 7.42. The Morgan fingerprint density at radius 3 is 3.00 bits per heavy atom. The summed E-state index contributed by atoms with van der Waals surface area (Å²) in [5.74, 6) is 1.28. The van der Waals surface area contributed by atoms with Gasteiger partial charge in [0.1, 0.15) is 24.4 Å². The zero-order valence-electron chi connectivity index (χ0n) is 12.5. The lowest BCUT2D eigenvalue weighted by molar-refractivity contribution is -0.385. The van der Waals surface area contributed by atoms with Crippen LogP contribution in [0.15, 0.2) is 42.6 Å². The SMILES string of the molecule is O=[N+]([O-])c1ccc(Nc2cccc(OC[C@H]3CCCO3)c2)nc1. The van der Waals surface area contributed by atoms with E-state index in [1.165, 1.54) is 12.3 Å². The van der Waals surface area contributed by atoms with Gasteiger partial charge in [0.15, 0.2) is 0 Å². The molecular weight excluding hydrogens is 298 g/mol. The van der Waals surface area contributed by atoms with E-state index in [-0.39, 0.29) is 11.8 Å². The van der Waals surface area contributed by atoms with E-state index >= 15 is 0 Å². The summed E-state index contributed by atoms with van der Waals surface area (Å²) in [6.07, 6.45) is 3.51. The molecule has 2 heterocycles. The highest BCUT2D eigenvalue weighted by atomic mass is 16.6. The molecule has 1 N–H and O–H groups in total. The molecule has 1 aliphatic heterocycles. The first kappa shape index (κ1) is 15.2. The number of nitrogens with zero attached hydrogens (tertiary/aromatic N) is 2. The van der Waals surface area contributed by atoms with Crippen molar-refractivity contribution in [1.29, 1.82) is 0 Å². The normalized spacial score (nSPS) is 17.0. The van der Waals surface area contributed by atoms with Gasteiger partial charge in [-0.05, 0) is 31.0 Å². The number of hydrogen-bond acceptors (Lipinski definition) is 6. The van der Waals surface area contributed by atoms with E-state index in [4.69, 9.17) is 9.47 Å². The predicted molar refractivity (Wildman–Crippen MR) is 85.1 cm³/mol. The molecule has 7 nitrogen and oxygen atoms in total. The van der Waals surface area contributed by atoms with Gasteiger partial charge in [-0.25, -0.2) is 4.98 Å². The first-order chi connectivity index (χ1) is 11.2. The Labute approximate surface area is 133 Å². The van der Waals surface area contributed by atoms with E-state index in [1.54, 1.807) is 6.07 Å². The molecule has 0 bridgehead atoms. The van der Waals surface area contributed by atoms with E-state index in [2.05, 4.69) is 10.3 Å². The Hall–Kier alpha value is -2.67. The van der Waals surface area contributed by atoms with Crippen LogP contribution in [0.5, 0.6) is 5.75 Å². The second kappa shape index (κ2) is 7.06. The molecule has 2 aromatic rings. The van der Waals surface area contributed by atoms with Crippen LogP contribution in [-0.4, -0.2) is 29.2 Å². The molecule has 0 amide bonds. The fourth-order valence-corrected chi connectivity index (χ4v) is 2.34. The Morgan fingerprint density at radius 2 is 2.30 bits per heavy atom. The van der Waals surface area contributed by atoms with Crippen LogP contribution in [0.25, 0.3) is 0 Å². The van der Waals surface area contributed by atoms with Crippen molar-refractivity contribution < 1.29 is 14.4 Å². The van der Waals surface area contributed by atoms with Crippen LogP contribution in [0.4, 0.5) is 17.2 Å². The monoisotopic (exact) mass is 315 g/mol. The van der Waals surface area contributed by atoms with Crippen molar-refractivity contribution in [2.24, 2.45) is 0 Å². The number of hydrogen-bond donors (Lipinski definition) is 1. The van der Waals surface area contributed by atoms with Crippen molar-refractivity contribution in [2.75, 3.05) is 18.5 Å². The largest absolute Gasteiger partial charge is 0.491 e. The maximum Gasteiger partial charge on any atom is 0.287 e. The predicted octanol–water partition coefficient (Wildman–Crippen LogP) is 3.29. The zero-order chi connectivity index (χ0) is 16.1. The number of ether oxygens (including phenoxy) is 2. The lowest BCUT2D eigenvalue weighted by Crippen LogP contribution is -2.16. The van der Waals surface area contributed by atoms with Crippen LogP contribution >= 0.6 is 0 Å². The van der Waals surface area contributed by atoms with E-state index in [1.807, 2.05) is 24.3 Å². The second-order valence-corrected chi connectivity index (χ2v) is 5.26. The van der Waals surface area contributed by atoms with Crippen LogP contribution in [-0.2, 0) is 4.74 Å². The quantitative estimate of drug-likeness (QED) is 0.650. The van der Waals surface area contributed by atoms with Gasteiger partial charge in [0, 0.05) is 24.4 Å². The fourth-order valence-electron chi connectivity index (χ4n) is 2.34. The molecule has 1 saturated heterocycles. The van der Waals surface area contributed by atoms with E-state index in [9.17, 15) is 10.1 Å². The molecule has 23 heavy (non-hydrogen) atoms. The second-order valence-electron chi connectivity index (χ2n) is 5.26. The van der Waals surface area contributed by atoms with Crippen molar-refractivity contribution in [1.82, 2.24) is 4.98 Å². The summed E-state index contributed by atoms with van der Waals surface area (Å²) < 4.78 is 11.3. The standard InChI is InChI=1S/C16H17N3O4/c20-19(21)13-6-7-16(17-10-13)18-12-3-1-4-14(9-12)23-11-15-5-2-8-22-15/h1,3-4,6-7,9-10,15H,2,5,8,11H2,(H,17,18)/t15-/m1/s1. The highest BCUT2D eigenvalue weighted by molar-refractivity contribution is 5.58. The number of nitrogens with one attached hydrogen (secondary N) is 1. The average molecular weight is 315 g/mol. The minimum Gasteiger partial charge on any atom is -0.491 e. The average Bonchev–Trinajstić information content (AvgIpc) is 3.07. The molecule has 120 valence electrons. The Balaban J connectivity index is 1.61. The summed E-state index contributed by atoms with van der Waals surface area (Å²) in [6.45, 7) is 1.35. The third-order valence-corrected chi connectivity index (χ3v) is 3.53. The van der Waals surface area contributed by atoms with Gasteiger partial charge in [-0.1, -0.05) is 6.07 Å². The summed E-state index contributed by atoms with van der Waals surface area (Å²) in [5.41, 5.74) is 0.764. The minimum absolute atomic E-state index is 0.0378. The van der Waals surface area contributed by atoms with Crippen molar-refractivity contribution in [3.05, 3.63) is 52.7 Å². The highest BCUT2D eigenvalue weighted by Gasteiger charge is 2.16. The topological polar surface area (TPSA) is 86.5 Å². The maximum absolute atomic E-state index is 10.6. The molecular formula is C16H17N3O4. The Bertz CT molecular complexity index is 669. The highest BCUT2D eigenvalue weighted by Crippen LogP contribution is 2.22. The number of aromatic nitrogens is 1. The van der Waals surface area contributed by atoms with Crippen LogP contribution in [0, 0.1) is 10.1 Å². The van der Waals surface area contributed by atoms with Crippen molar-refractivity contribution in [3.63, 3.8) is 0 Å². The van der Waals surface area contributed by atoms with Gasteiger partial charge in [0.2, 0.25) is 0 Å². The molecule has 1 fully saturated rings. The molecule has 1 aromatic heterocycles. The third-order valence-electron chi connectivity index (χ3n) is 3.53.